The van der Waals surface area contributed by atoms with Crippen molar-refractivity contribution in [1.82, 2.24) is 15.0 Å². The Hall–Kier alpha value is -2.01. The topological polar surface area (TPSA) is 50.7 Å². The molecule has 0 atom stereocenters. The molecule has 4 nitrogen and oxygen atoms in total. The van der Waals surface area contributed by atoms with Crippen LogP contribution in [0.3, 0.4) is 0 Å². The molecule has 2 heterocycles. The summed E-state index contributed by atoms with van der Waals surface area (Å²) in [5, 5.41) is 5.21. The molecule has 2 aromatic heterocycles. The fourth-order valence-electron chi connectivity index (χ4n) is 2.04. The van der Waals surface area contributed by atoms with E-state index >= 15 is 0 Å². The van der Waals surface area contributed by atoms with E-state index in [2.05, 4.69) is 53.2 Å². The number of benzene rings is 1. The Labute approximate surface area is 121 Å². The normalized spacial score (nSPS) is 11.0. The lowest BCUT2D eigenvalue weighted by molar-refractivity contribution is 1.19. The first-order valence-electron chi connectivity index (χ1n) is 6.47. The molecule has 0 saturated heterocycles. The molecule has 1 N–H and O–H groups in total. The SMILES string of the molecule is Cc1cc2ncnc(Nc3nc(C)c(C)s3)c2cc1C. The van der Waals surface area contributed by atoms with Gasteiger partial charge in [0.15, 0.2) is 5.13 Å². The molecule has 0 bridgehead atoms. The molecule has 0 amide bonds. The van der Waals surface area contributed by atoms with Crippen molar-refractivity contribution in [2.24, 2.45) is 0 Å². The van der Waals surface area contributed by atoms with Crippen LogP contribution in [0.5, 0.6) is 0 Å². The molecule has 102 valence electrons. The third-order valence-electron chi connectivity index (χ3n) is 3.50. The Kier molecular flexibility index (Phi) is 3.14. The molecular formula is C15H16N4S. The van der Waals surface area contributed by atoms with E-state index in [9.17, 15) is 0 Å². The van der Waals surface area contributed by atoms with Gasteiger partial charge < -0.3 is 5.32 Å². The molecule has 3 aromatic rings. The minimum absolute atomic E-state index is 0.812. The zero-order valence-corrected chi connectivity index (χ0v) is 12.8. The zero-order chi connectivity index (χ0) is 14.3. The van der Waals surface area contributed by atoms with Crippen molar-refractivity contribution in [3.05, 3.63) is 40.2 Å². The lowest BCUT2D eigenvalue weighted by Gasteiger charge is -2.08. The zero-order valence-electron chi connectivity index (χ0n) is 12.0. The fourth-order valence-corrected chi connectivity index (χ4v) is 2.86. The predicted octanol–water partition coefficient (Wildman–Crippen LogP) is 4.06. The number of anilines is 2. The summed E-state index contributed by atoms with van der Waals surface area (Å²) < 4.78 is 0. The lowest BCUT2D eigenvalue weighted by atomic mass is 10.1. The Morgan fingerprint density at radius 3 is 2.45 bits per heavy atom. The first-order valence-corrected chi connectivity index (χ1v) is 7.29. The van der Waals surface area contributed by atoms with Gasteiger partial charge in [-0.05, 0) is 51.0 Å². The van der Waals surface area contributed by atoms with Crippen molar-refractivity contribution in [3.8, 4) is 0 Å². The molecular weight excluding hydrogens is 268 g/mol. The standard InChI is InChI=1S/C15H16N4S/c1-8-5-12-13(6-9(8)2)16-7-17-14(12)19-15-18-10(3)11(4)20-15/h5-7H,1-4H3,(H,16,17,18,19). The molecule has 1 aromatic carbocycles. The van der Waals surface area contributed by atoms with Crippen LogP contribution < -0.4 is 5.32 Å². The summed E-state index contributed by atoms with van der Waals surface area (Å²) in [5.41, 5.74) is 4.49. The van der Waals surface area contributed by atoms with E-state index in [4.69, 9.17) is 0 Å². The van der Waals surface area contributed by atoms with Gasteiger partial charge in [0, 0.05) is 10.3 Å². The molecule has 0 radical (unpaired) electrons. The minimum atomic E-state index is 0.812. The van der Waals surface area contributed by atoms with Crippen LogP contribution in [0.15, 0.2) is 18.5 Å². The van der Waals surface area contributed by atoms with Gasteiger partial charge in [-0.2, -0.15) is 0 Å². The number of hydrogen-bond donors (Lipinski definition) is 1. The van der Waals surface area contributed by atoms with E-state index in [1.807, 2.05) is 6.92 Å². The average Bonchev–Trinajstić information content (AvgIpc) is 2.71. The van der Waals surface area contributed by atoms with Crippen LogP contribution in [0, 0.1) is 27.7 Å². The van der Waals surface area contributed by atoms with E-state index in [1.165, 1.54) is 16.0 Å². The smallest absolute Gasteiger partial charge is 0.188 e. The second kappa shape index (κ2) is 4.83. The van der Waals surface area contributed by atoms with Gasteiger partial charge in [-0.3, -0.25) is 0 Å². The molecule has 5 heteroatoms. The summed E-state index contributed by atoms with van der Waals surface area (Å²) >= 11 is 1.64. The molecule has 0 aliphatic rings. The van der Waals surface area contributed by atoms with Gasteiger partial charge in [0.05, 0.1) is 11.2 Å². The molecule has 0 aliphatic heterocycles. The van der Waals surface area contributed by atoms with Gasteiger partial charge in [-0.15, -0.1) is 11.3 Å². The van der Waals surface area contributed by atoms with Crippen molar-refractivity contribution >= 4 is 33.2 Å². The highest BCUT2D eigenvalue weighted by atomic mass is 32.1. The largest absolute Gasteiger partial charge is 0.316 e. The minimum Gasteiger partial charge on any atom is -0.316 e. The summed E-state index contributed by atoms with van der Waals surface area (Å²) in [6.07, 6.45) is 1.59. The second-order valence-electron chi connectivity index (χ2n) is 4.96. The Morgan fingerprint density at radius 2 is 1.75 bits per heavy atom. The van der Waals surface area contributed by atoms with Crippen LogP contribution in [-0.2, 0) is 0 Å². The maximum absolute atomic E-state index is 4.50. The number of hydrogen-bond acceptors (Lipinski definition) is 5. The van der Waals surface area contributed by atoms with Crippen LogP contribution in [0.25, 0.3) is 10.9 Å². The maximum atomic E-state index is 4.50. The Morgan fingerprint density at radius 1 is 1.00 bits per heavy atom. The predicted molar refractivity (Wildman–Crippen MR) is 83.9 cm³/mol. The van der Waals surface area contributed by atoms with E-state index in [0.29, 0.717) is 0 Å². The summed E-state index contributed by atoms with van der Waals surface area (Å²) in [5.74, 6) is 0.812. The highest BCUT2D eigenvalue weighted by Crippen LogP contribution is 2.28. The van der Waals surface area contributed by atoms with Gasteiger partial charge in [0.25, 0.3) is 0 Å². The van der Waals surface area contributed by atoms with Gasteiger partial charge in [0.1, 0.15) is 12.1 Å². The van der Waals surface area contributed by atoms with Crippen LogP contribution >= 0.6 is 11.3 Å². The first-order chi connectivity index (χ1) is 9.54. The summed E-state index contributed by atoms with van der Waals surface area (Å²) in [7, 11) is 0. The van der Waals surface area contributed by atoms with Crippen molar-refractivity contribution < 1.29 is 0 Å². The van der Waals surface area contributed by atoms with E-state index in [0.717, 1.165) is 27.5 Å². The van der Waals surface area contributed by atoms with Crippen molar-refractivity contribution in [1.29, 1.82) is 0 Å². The molecule has 0 unspecified atom stereocenters. The van der Waals surface area contributed by atoms with E-state index < -0.39 is 0 Å². The Bertz CT molecular complexity index is 772. The number of nitrogens with one attached hydrogen (secondary N) is 1. The van der Waals surface area contributed by atoms with Crippen molar-refractivity contribution in [2.45, 2.75) is 27.7 Å². The molecule has 20 heavy (non-hydrogen) atoms. The highest BCUT2D eigenvalue weighted by Gasteiger charge is 2.09. The highest BCUT2D eigenvalue weighted by molar-refractivity contribution is 7.15. The summed E-state index contributed by atoms with van der Waals surface area (Å²) in [6, 6.07) is 4.22. The van der Waals surface area contributed by atoms with Gasteiger partial charge in [-0.1, -0.05) is 0 Å². The molecule has 0 aliphatic carbocycles. The van der Waals surface area contributed by atoms with Crippen LogP contribution in [-0.4, -0.2) is 15.0 Å². The fraction of sp³-hybridized carbons (Fsp3) is 0.267. The van der Waals surface area contributed by atoms with Gasteiger partial charge >= 0.3 is 0 Å². The van der Waals surface area contributed by atoms with Gasteiger partial charge in [-0.25, -0.2) is 15.0 Å². The summed E-state index contributed by atoms with van der Waals surface area (Å²) in [6.45, 7) is 8.28. The number of thiazole rings is 1. The van der Waals surface area contributed by atoms with E-state index in [1.54, 1.807) is 17.7 Å². The molecule has 3 rings (SSSR count). The molecule has 0 saturated carbocycles. The third-order valence-corrected chi connectivity index (χ3v) is 4.49. The van der Waals surface area contributed by atoms with Crippen molar-refractivity contribution in [3.63, 3.8) is 0 Å². The molecule has 0 fully saturated rings. The number of fused-ring (bicyclic) bond motifs is 1. The quantitative estimate of drug-likeness (QED) is 0.771. The lowest BCUT2D eigenvalue weighted by Crippen LogP contribution is -1.96. The number of aromatic nitrogens is 3. The van der Waals surface area contributed by atoms with Crippen LogP contribution in [0.1, 0.15) is 21.7 Å². The number of rotatable bonds is 2. The second-order valence-corrected chi connectivity index (χ2v) is 6.16. The monoisotopic (exact) mass is 284 g/mol. The summed E-state index contributed by atoms with van der Waals surface area (Å²) in [4.78, 5) is 14.4. The molecule has 0 spiro atoms. The Balaban J connectivity index is 2.09. The van der Waals surface area contributed by atoms with Crippen LogP contribution in [0.2, 0.25) is 0 Å². The number of nitrogens with zero attached hydrogens (tertiary/aromatic N) is 3. The maximum Gasteiger partial charge on any atom is 0.188 e. The van der Waals surface area contributed by atoms with E-state index in [-0.39, 0.29) is 0 Å². The number of aryl methyl sites for hydroxylation is 4. The van der Waals surface area contributed by atoms with Crippen LogP contribution in [0.4, 0.5) is 10.9 Å². The van der Waals surface area contributed by atoms with Crippen molar-refractivity contribution in [2.75, 3.05) is 5.32 Å². The third kappa shape index (κ3) is 2.25. The average molecular weight is 284 g/mol. The van der Waals surface area contributed by atoms with Gasteiger partial charge in [0.2, 0.25) is 0 Å². The first kappa shape index (κ1) is 13.0.